The van der Waals surface area contributed by atoms with Gasteiger partial charge in [-0.1, -0.05) is 30.3 Å². The molecule has 0 heterocycles. The number of ether oxygens (including phenoxy) is 1. The number of esters is 1. The van der Waals surface area contributed by atoms with Gasteiger partial charge in [-0.15, -0.1) is 0 Å². The predicted molar refractivity (Wildman–Crippen MR) is 64.9 cm³/mol. The lowest BCUT2D eigenvalue weighted by molar-refractivity contribution is -0.137. The smallest absolute Gasteiger partial charge is 0.332 e. The average molecular weight is 233 g/mol. The van der Waals surface area contributed by atoms with Crippen LogP contribution in [0, 0.1) is 0 Å². The Bertz CT molecular complexity index is 424. The highest BCUT2D eigenvalue weighted by atomic mass is 16.5. The Morgan fingerprint density at radius 1 is 1.29 bits per heavy atom. The van der Waals surface area contributed by atoms with Crippen molar-refractivity contribution in [1.82, 2.24) is 5.32 Å². The van der Waals surface area contributed by atoms with E-state index < -0.39 is 5.97 Å². The fraction of sp³-hybridized carbons (Fsp3) is 0.231. The van der Waals surface area contributed by atoms with Crippen molar-refractivity contribution in [3.63, 3.8) is 0 Å². The standard InChI is InChI=1S/C13H15NO3/c1-3-17-13(16)9-12(14-10(2)15)11-7-5-4-6-8-11/h4-9H,3H2,1-2H3,(H,14,15). The molecule has 0 unspecified atom stereocenters. The van der Waals surface area contributed by atoms with Gasteiger partial charge in [0.05, 0.1) is 12.3 Å². The minimum absolute atomic E-state index is 0.232. The first-order chi connectivity index (χ1) is 8.13. The molecule has 1 amide bonds. The summed E-state index contributed by atoms with van der Waals surface area (Å²) in [6.07, 6.45) is 1.28. The third kappa shape index (κ3) is 4.51. The van der Waals surface area contributed by atoms with Crippen LogP contribution in [0.1, 0.15) is 19.4 Å². The van der Waals surface area contributed by atoms with E-state index in [1.807, 2.05) is 18.2 Å². The number of benzene rings is 1. The summed E-state index contributed by atoms with van der Waals surface area (Å²) in [5.41, 5.74) is 1.20. The summed E-state index contributed by atoms with van der Waals surface area (Å²) >= 11 is 0. The van der Waals surface area contributed by atoms with Gasteiger partial charge < -0.3 is 10.1 Å². The van der Waals surface area contributed by atoms with Crippen LogP contribution in [0.25, 0.3) is 5.70 Å². The number of hydrogen-bond donors (Lipinski definition) is 1. The van der Waals surface area contributed by atoms with E-state index >= 15 is 0 Å². The van der Waals surface area contributed by atoms with Crippen LogP contribution in [0.4, 0.5) is 0 Å². The molecule has 90 valence electrons. The van der Waals surface area contributed by atoms with Gasteiger partial charge in [-0.25, -0.2) is 4.79 Å². The second-order valence-electron chi connectivity index (χ2n) is 3.36. The van der Waals surface area contributed by atoms with E-state index in [1.54, 1.807) is 19.1 Å². The SMILES string of the molecule is CCOC(=O)C=C(NC(C)=O)c1ccccc1. The van der Waals surface area contributed by atoms with E-state index in [0.717, 1.165) is 5.56 Å². The molecule has 1 aromatic rings. The molecule has 0 aliphatic carbocycles. The van der Waals surface area contributed by atoms with E-state index in [4.69, 9.17) is 4.74 Å². The Kier molecular flexibility index (Phi) is 4.94. The molecule has 0 aliphatic heterocycles. The first-order valence-corrected chi connectivity index (χ1v) is 5.35. The molecule has 0 aliphatic rings. The summed E-state index contributed by atoms with van der Waals surface area (Å²) in [6.45, 7) is 3.42. The minimum Gasteiger partial charge on any atom is -0.463 e. The predicted octanol–water partition coefficient (Wildman–Crippen LogP) is 1.73. The molecule has 17 heavy (non-hydrogen) atoms. The largest absolute Gasteiger partial charge is 0.463 e. The Balaban J connectivity index is 2.96. The molecule has 0 aromatic heterocycles. The van der Waals surface area contributed by atoms with Crippen LogP contribution >= 0.6 is 0 Å². The Morgan fingerprint density at radius 2 is 1.94 bits per heavy atom. The van der Waals surface area contributed by atoms with E-state index in [1.165, 1.54) is 13.0 Å². The number of amides is 1. The molecule has 1 rings (SSSR count). The van der Waals surface area contributed by atoms with Gasteiger partial charge in [-0.2, -0.15) is 0 Å². The van der Waals surface area contributed by atoms with Gasteiger partial charge >= 0.3 is 5.97 Å². The third-order valence-electron chi connectivity index (χ3n) is 1.94. The summed E-state index contributed by atoms with van der Waals surface area (Å²) in [7, 11) is 0. The van der Waals surface area contributed by atoms with E-state index in [0.29, 0.717) is 12.3 Å². The molecular weight excluding hydrogens is 218 g/mol. The van der Waals surface area contributed by atoms with Crippen molar-refractivity contribution < 1.29 is 14.3 Å². The van der Waals surface area contributed by atoms with Crippen LogP contribution in [-0.2, 0) is 14.3 Å². The highest BCUT2D eigenvalue weighted by Gasteiger charge is 2.06. The van der Waals surface area contributed by atoms with Gasteiger partial charge in [0.1, 0.15) is 0 Å². The Hall–Kier alpha value is -2.10. The third-order valence-corrected chi connectivity index (χ3v) is 1.94. The zero-order valence-corrected chi connectivity index (χ0v) is 9.90. The molecule has 0 bridgehead atoms. The lowest BCUT2D eigenvalue weighted by atomic mass is 10.1. The summed E-state index contributed by atoms with van der Waals surface area (Å²) in [5.74, 6) is -0.704. The van der Waals surface area contributed by atoms with Gasteiger partial charge in [0.25, 0.3) is 0 Å². The van der Waals surface area contributed by atoms with Crippen LogP contribution in [0.5, 0.6) is 0 Å². The summed E-state index contributed by atoms with van der Waals surface area (Å²) in [4.78, 5) is 22.4. The molecule has 1 aromatic carbocycles. The zero-order chi connectivity index (χ0) is 12.7. The van der Waals surface area contributed by atoms with Crippen LogP contribution in [0.15, 0.2) is 36.4 Å². The van der Waals surface area contributed by atoms with Crippen molar-refractivity contribution >= 4 is 17.6 Å². The van der Waals surface area contributed by atoms with Crippen molar-refractivity contribution in [2.75, 3.05) is 6.61 Å². The number of carbonyl (C=O) groups is 2. The van der Waals surface area contributed by atoms with E-state index in [-0.39, 0.29) is 5.91 Å². The van der Waals surface area contributed by atoms with Gasteiger partial charge in [0, 0.05) is 13.0 Å². The molecule has 0 saturated carbocycles. The van der Waals surface area contributed by atoms with Crippen LogP contribution < -0.4 is 5.32 Å². The summed E-state index contributed by atoms with van der Waals surface area (Å²) in [5, 5.41) is 2.61. The average Bonchev–Trinajstić information content (AvgIpc) is 2.29. The first-order valence-electron chi connectivity index (χ1n) is 5.35. The van der Waals surface area contributed by atoms with E-state index in [9.17, 15) is 9.59 Å². The maximum Gasteiger partial charge on any atom is 0.332 e. The molecule has 0 fully saturated rings. The van der Waals surface area contributed by atoms with Gasteiger partial charge in [0.15, 0.2) is 0 Å². The van der Waals surface area contributed by atoms with Crippen molar-refractivity contribution in [3.8, 4) is 0 Å². The van der Waals surface area contributed by atoms with Gasteiger partial charge in [-0.05, 0) is 12.5 Å². The van der Waals surface area contributed by atoms with Crippen molar-refractivity contribution in [2.24, 2.45) is 0 Å². The highest BCUT2D eigenvalue weighted by Crippen LogP contribution is 2.10. The molecule has 1 N–H and O–H groups in total. The normalized spacial score (nSPS) is 10.8. The number of hydrogen-bond acceptors (Lipinski definition) is 3. The Morgan fingerprint density at radius 3 is 2.47 bits per heavy atom. The number of carbonyl (C=O) groups excluding carboxylic acids is 2. The van der Waals surface area contributed by atoms with Gasteiger partial charge in [0.2, 0.25) is 5.91 Å². The topological polar surface area (TPSA) is 55.4 Å². The fourth-order valence-corrected chi connectivity index (χ4v) is 1.30. The van der Waals surface area contributed by atoms with Crippen LogP contribution in [-0.4, -0.2) is 18.5 Å². The monoisotopic (exact) mass is 233 g/mol. The molecule has 4 heteroatoms. The molecular formula is C13H15NO3. The lowest BCUT2D eigenvalue weighted by Gasteiger charge is -2.08. The lowest BCUT2D eigenvalue weighted by Crippen LogP contribution is -2.19. The molecule has 4 nitrogen and oxygen atoms in total. The summed E-state index contributed by atoms with van der Waals surface area (Å²) < 4.78 is 4.81. The van der Waals surface area contributed by atoms with Crippen molar-refractivity contribution in [3.05, 3.63) is 42.0 Å². The number of nitrogens with one attached hydrogen (secondary N) is 1. The summed E-state index contributed by atoms with van der Waals surface area (Å²) in [6, 6.07) is 9.13. The second kappa shape index (κ2) is 6.48. The van der Waals surface area contributed by atoms with Gasteiger partial charge in [-0.3, -0.25) is 4.79 Å². The van der Waals surface area contributed by atoms with E-state index in [2.05, 4.69) is 5.32 Å². The van der Waals surface area contributed by atoms with Crippen LogP contribution in [0.2, 0.25) is 0 Å². The maximum atomic E-state index is 11.4. The Labute approximate surface area is 100 Å². The maximum absolute atomic E-state index is 11.4. The molecule has 0 atom stereocenters. The van der Waals surface area contributed by atoms with Crippen molar-refractivity contribution in [2.45, 2.75) is 13.8 Å². The van der Waals surface area contributed by atoms with Crippen molar-refractivity contribution in [1.29, 1.82) is 0 Å². The van der Waals surface area contributed by atoms with Crippen LogP contribution in [0.3, 0.4) is 0 Å². The molecule has 0 spiro atoms. The zero-order valence-electron chi connectivity index (χ0n) is 9.90. The molecule has 0 radical (unpaired) electrons. The minimum atomic E-state index is -0.472. The molecule has 0 saturated heterocycles. The second-order valence-corrected chi connectivity index (χ2v) is 3.36. The fourth-order valence-electron chi connectivity index (χ4n) is 1.30. The quantitative estimate of drug-likeness (QED) is 0.636. The first kappa shape index (κ1) is 13.0. The number of rotatable bonds is 4. The highest BCUT2D eigenvalue weighted by molar-refractivity contribution is 5.95.